The molecule has 202 valence electrons. The highest BCUT2D eigenvalue weighted by atomic mass is 35.5. The Bertz CT molecular complexity index is 1450. The number of methoxy groups -OCH3 is 1. The minimum absolute atomic E-state index is 0.0694. The molecule has 2 heterocycles. The van der Waals surface area contributed by atoms with Crippen molar-refractivity contribution in [1.82, 2.24) is 29.1 Å². The molecule has 0 aliphatic rings. The number of ether oxygens (including phenoxy) is 1. The van der Waals surface area contributed by atoms with E-state index in [0.717, 1.165) is 9.25 Å². The summed E-state index contributed by atoms with van der Waals surface area (Å²) in [5, 5.41) is 21.6. The molecule has 4 rings (SSSR count). The quantitative estimate of drug-likeness (QED) is 0.228. The van der Waals surface area contributed by atoms with Crippen molar-refractivity contribution in [2.24, 2.45) is 0 Å². The Kier molecular flexibility index (Phi) is 8.14. The fourth-order valence-electron chi connectivity index (χ4n) is 3.52. The minimum Gasteiger partial charge on any atom is -0.383 e. The molecule has 0 saturated heterocycles. The maximum absolute atomic E-state index is 13.9. The first-order valence-electron chi connectivity index (χ1n) is 11.2. The van der Waals surface area contributed by atoms with Gasteiger partial charge in [-0.2, -0.15) is 22.8 Å². The SMILES string of the molecule is COCCNc1nc(Cn2nc(-c3ccc(Cl)cc3)n(CC(O)C(F)(F)F)c2=O)nn1-c1cccc(F)c1. The Morgan fingerprint density at radius 1 is 1.16 bits per heavy atom. The number of hydrogen-bond acceptors (Lipinski definition) is 7. The second kappa shape index (κ2) is 11.3. The molecule has 38 heavy (non-hydrogen) atoms. The van der Waals surface area contributed by atoms with Crippen LogP contribution in [0.25, 0.3) is 17.1 Å². The number of alkyl halides is 3. The number of rotatable bonds is 10. The monoisotopic (exact) mass is 555 g/mol. The molecule has 10 nitrogen and oxygen atoms in total. The number of aromatic nitrogens is 6. The van der Waals surface area contributed by atoms with E-state index in [0.29, 0.717) is 29.4 Å². The van der Waals surface area contributed by atoms with Gasteiger partial charge in [-0.15, -0.1) is 10.2 Å². The van der Waals surface area contributed by atoms with Crippen molar-refractivity contribution in [2.45, 2.75) is 25.4 Å². The molecule has 1 unspecified atom stereocenters. The minimum atomic E-state index is -4.95. The Labute approximate surface area is 218 Å². The van der Waals surface area contributed by atoms with Crippen LogP contribution in [-0.2, 0) is 17.8 Å². The molecule has 1 atom stereocenters. The molecule has 0 fully saturated rings. The number of aliphatic hydroxyl groups is 1. The first-order valence-corrected chi connectivity index (χ1v) is 11.6. The van der Waals surface area contributed by atoms with Crippen molar-refractivity contribution in [3.8, 4) is 17.1 Å². The topological polar surface area (TPSA) is 112 Å². The average Bonchev–Trinajstić information content (AvgIpc) is 3.40. The zero-order valence-corrected chi connectivity index (χ0v) is 20.6. The molecule has 2 N–H and O–H groups in total. The molecule has 0 bridgehead atoms. The maximum Gasteiger partial charge on any atom is 0.416 e. The number of hydrogen-bond donors (Lipinski definition) is 2. The lowest BCUT2D eigenvalue weighted by Gasteiger charge is -2.15. The zero-order valence-electron chi connectivity index (χ0n) is 19.9. The molecule has 15 heteroatoms. The fraction of sp³-hybridized carbons (Fsp3) is 0.304. The van der Waals surface area contributed by atoms with Gasteiger partial charge in [0.15, 0.2) is 17.8 Å². The van der Waals surface area contributed by atoms with Gasteiger partial charge in [0.2, 0.25) is 5.95 Å². The number of aliphatic hydroxyl groups excluding tert-OH is 1. The van der Waals surface area contributed by atoms with Crippen molar-refractivity contribution in [3.05, 3.63) is 75.7 Å². The normalized spacial score (nSPS) is 12.6. The number of halogens is 5. The van der Waals surface area contributed by atoms with Crippen LogP contribution in [0.2, 0.25) is 5.02 Å². The summed E-state index contributed by atoms with van der Waals surface area (Å²) in [7, 11) is 1.52. The summed E-state index contributed by atoms with van der Waals surface area (Å²) in [6, 6.07) is 11.5. The van der Waals surface area contributed by atoms with Gasteiger partial charge in [-0.05, 0) is 42.5 Å². The van der Waals surface area contributed by atoms with Crippen LogP contribution in [0.15, 0.2) is 53.3 Å². The van der Waals surface area contributed by atoms with Crippen LogP contribution in [-0.4, -0.2) is 66.8 Å². The molecule has 4 aromatic rings. The first-order chi connectivity index (χ1) is 18.1. The van der Waals surface area contributed by atoms with Crippen LogP contribution in [0.1, 0.15) is 5.82 Å². The Balaban J connectivity index is 1.73. The van der Waals surface area contributed by atoms with Gasteiger partial charge in [-0.1, -0.05) is 17.7 Å². The summed E-state index contributed by atoms with van der Waals surface area (Å²) in [5.41, 5.74) is -0.272. The van der Waals surface area contributed by atoms with Gasteiger partial charge < -0.3 is 15.2 Å². The van der Waals surface area contributed by atoms with E-state index in [1.165, 1.54) is 54.3 Å². The maximum atomic E-state index is 13.9. The van der Waals surface area contributed by atoms with Crippen LogP contribution in [0, 0.1) is 5.82 Å². The Morgan fingerprint density at radius 3 is 2.55 bits per heavy atom. The highest BCUT2D eigenvalue weighted by Crippen LogP contribution is 2.24. The molecule has 2 aromatic heterocycles. The van der Waals surface area contributed by atoms with Gasteiger partial charge in [0.05, 0.1) is 18.8 Å². The van der Waals surface area contributed by atoms with Crippen LogP contribution in [0.4, 0.5) is 23.5 Å². The van der Waals surface area contributed by atoms with Gasteiger partial charge in [-0.3, -0.25) is 4.57 Å². The third-order valence-electron chi connectivity index (χ3n) is 5.34. The zero-order chi connectivity index (χ0) is 27.4. The van der Waals surface area contributed by atoms with Crippen molar-refractivity contribution in [3.63, 3.8) is 0 Å². The van der Waals surface area contributed by atoms with Crippen molar-refractivity contribution < 1.29 is 27.4 Å². The highest BCUT2D eigenvalue weighted by Gasteiger charge is 2.39. The number of nitrogens with one attached hydrogen (secondary N) is 1. The van der Waals surface area contributed by atoms with Gasteiger partial charge >= 0.3 is 11.9 Å². The molecule has 0 saturated carbocycles. The first kappa shape index (κ1) is 27.3. The molecule has 0 aliphatic carbocycles. The van der Waals surface area contributed by atoms with Crippen LogP contribution >= 0.6 is 11.6 Å². The van der Waals surface area contributed by atoms with Crippen LogP contribution in [0.3, 0.4) is 0 Å². The number of nitrogens with zero attached hydrogens (tertiary/aromatic N) is 6. The third-order valence-corrected chi connectivity index (χ3v) is 5.59. The van der Waals surface area contributed by atoms with Crippen LogP contribution < -0.4 is 11.0 Å². The smallest absolute Gasteiger partial charge is 0.383 e. The van der Waals surface area contributed by atoms with Crippen molar-refractivity contribution >= 4 is 17.5 Å². The summed E-state index contributed by atoms with van der Waals surface area (Å²) in [4.78, 5) is 17.5. The van der Waals surface area contributed by atoms with Crippen molar-refractivity contribution in [2.75, 3.05) is 25.6 Å². The van der Waals surface area contributed by atoms with E-state index >= 15 is 0 Å². The lowest BCUT2D eigenvalue weighted by atomic mass is 10.2. The molecule has 0 spiro atoms. The largest absolute Gasteiger partial charge is 0.416 e. The fourth-order valence-corrected chi connectivity index (χ4v) is 3.65. The predicted octanol–water partition coefficient (Wildman–Crippen LogP) is 3.11. The van der Waals surface area contributed by atoms with Gasteiger partial charge in [0.1, 0.15) is 12.4 Å². The second-order valence-electron chi connectivity index (χ2n) is 8.10. The molecule has 0 radical (unpaired) electrons. The highest BCUT2D eigenvalue weighted by molar-refractivity contribution is 6.30. The van der Waals surface area contributed by atoms with E-state index in [1.807, 2.05) is 0 Å². The predicted molar refractivity (Wildman–Crippen MR) is 130 cm³/mol. The summed E-state index contributed by atoms with van der Waals surface area (Å²) in [5.74, 6) is -0.327. The van der Waals surface area contributed by atoms with Crippen LogP contribution in [0.5, 0.6) is 0 Å². The van der Waals surface area contributed by atoms with Gasteiger partial charge in [-0.25, -0.2) is 13.9 Å². The number of anilines is 1. The lowest BCUT2D eigenvalue weighted by molar-refractivity contribution is -0.207. The van der Waals surface area contributed by atoms with E-state index in [9.17, 15) is 27.5 Å². The molecule has 0 aliphatic heterocycles. The number of benzene rings is 2. The van der Waals surface area contributed by atoms with Gasteiger partial charge in [0, 0.05) is 24.2 Å². The third kappa shape index (κ3) is 6.20. The van der Waals surface area contributed by atoms with Gasteiger partial charge in [0.25, 0.3) is 0 Å². The van der Waals surface area contributed by atoms with E-state index in [-0.39, 0.29) is 24.1 Å². The Hall–Kier alpha value is -3.75. The molecular formula is C23H22ClF4N7O3. The summed E-state index contributed by atoms with van der Waals surface area (Å²) < 4.78 is 61.1. The summed E-state index contributed by atoms with van der Waals surface area (Å²) in [6.45, 7) is -0.721. The lowest BCUT2D eigenvalue weighted by Crippen LogP contribution is -2.37. The van der Waals surface area contributed by atoms with E-state index in [4.69, 9.17) is 16.3 Å². The molecule has 2 aromatic carbocycles. The van der Waals surface area contributed by atoms with E-state index in [1.54, 1.807) is 6.07 Å². The summed E-state index contributed by atoms with van der Waals surface area (Å²) >= 11 is 5.91. The van der Waals surface area contributed by atoms with E-state index < -0.39 is 30.3 Å². The Morgan fingerprint density at radius 2 is 1.89 bits per heavy atom. The van der Waals surface area contributed by atoms with Crippen molar-refractivity contribution in [1.29, 1.82) is 0 Å². The molecule has 0 amide bonds. The molecular weight excluding hydrogens is 534 g/mol. The average molecular weight is 556 g/mol. The second-order valence-corrected chi connectivity index (χ2v) is 8.54. The standard InChI is InChI=1S/C23H22ClF4N7O3/c1-38-10-9-29-21-30-19(31-35(21)17-4-2-3-16(25)11-17)13-34-22(37)33(12-18(36)23(26,27)28)20(32-34)14-5-7-15(24)8-6-14/h2-8,11,18,36H,9-10,12-13H2,1H3,(H,29,30,31). The summed E-state index contributed by atoms with van der Waals surface area (Å²) in [6.07, 6.45) is -7.75. The van der Waals surface area contributed by atoms with E-state index in [2.05, 4.69) is 20.5 Å².